The number of ether oxygens (including phenoxy) is 1. The smallest absolute Gasteiger partial charge is 0.127 e. The first kappa shape index (κ1) is 10.5. The Bertz CT molecular complexity index is 364. The monoisotopic (exact) mass is 213 g/mol. The summed E-state index contributed by atoms with van der Waals surface area (Å²) in [5, 5.41) is 0. The zero-order valence-corrected chi connectivity index (χ0v) is 8.30. The lowest BCUT2D eigenvalue weighted by molar-refractivity contribution is -0.0648. The molecule has 1 heterocycles. The van der Waals surface area contributed by atoms with Gasteiger partial charge in [0.25, 0.3) is 0 Å². The lowest BCUT2D eigenvalue weighted by atomic mass is 9.75. The van der Waals surface area contributed by atoms with Crippen LogP contribution in [0.5, 0.6) is 0 Å². The second-order valence-electron chi connectivity index (χ2n) is 3.94. The molecule has 0 amide bonds. The molecule has 0 atom stereocenters. The summed E-state index contributed by atoms with van der Waals surface area (Å²) in [6.07, 6.45) is 0.618. The quantitative estimate of drug-likeness (QED) is 0.827. The van der Waals surface area contributed by atoms with E-state index >= 15 is 0 Å². The number of benzene rings is 1. The van der Waals surface area contributed by atoms with Crippen molar-refractivity contribution in [3.05, 3.63) is 35.4 Å². The van der Waals surface area contributed by atoms with Crippen molar-refractivity contribution in [1.29, 1.82) is 0 Å². The molecule has 1 aliphatic rings. The molecule has 2 N–H and O–H groups in total. The zero-order chi connectivity index (χ0) is 10.9. The molecule has 1 aliphatic heterocycles. The molecule has 0 radical (unpaired) electrons. The van der Waals surface area contributed by atoms with Crippen LogP contribution in [-0.4, -0.2) is 19.8 Å². The van der Waals surface area contributed by atoms with Crippen LogP contribution in [0.1, 0.15) is 12.0 Å². The van der Waals surface area contributed by atoms with E-state index in [0.717, 1.165) is 12.1 Å². The van der Waals surface area contributed by atoms with Gasteiger partial charge in [-0.25, -0.2) is 8.78 Å². The van der Waals surface area contributed by atoms with Gasteiger partial charge in [-0.1, -0.05) is 0 Å². The van der Waals surface area contributed by atoms with E-state index in [2.05, 4.69) is 0 Å². The van der Waals surface area contributed by atoms with Gasteiger partial charge < -0.3 is 10.5 Å². The highest BCUT2D eigenvalue weighted by Crippen LogP contribution is 2.37. The Kier molecular flexibility index (Phi) is 2.71. The molecule has 1 aromatic rings. The Morgan fingerprint density at radius 2 is 2.07 bits per heavy atom. The SMILES string of the molecule is NCCC1(c2cc(F)ccc2F)COC1. The van der Waals surface area contributed by atoms with Crippen LogP contribution in [0.3, 0.4) is 0 Å². The Morgan fingerprint density at radius 1 is 1.33 bits per heavy atom. The van der Waals surface area contributed by atoms with Crippen LogP contribution in [0.15, 0.2) is 18.2 Å². The Hall–Kier alpha value is -1.00. The van der Waals surface area contributed by atoms with Gasteiger partial charge in [0.2, 0.25) is 0 Å². The first-order valence-electron chi connectivity index (χ1n) is 4.91. The fraction of sp³-hybridized carbons (Fsp3) is 0.455. The summed E-state index contributed by atoms with van der Waals surface area (Å²) < 4.78 is 31.7. The molecule has 2 nitrogen and oxygen atoms in total. The van der Waals surface area contributed by atoms with Crippen molar-refractivity contribution >= 4 is 0 Å². The molecule has 1 fully saturated rings. The van der Waals surface area contributed by atoms with E-state index in [1.807, 2.05) is 0 Å². The maximum atomic E-state index is 13.5. The molecule has 1 aromatic carbocycles. The Balaban J connectivity index is 2.37. The average molecular weight is 213 g/mol. The van der Waals surface area contributed by atoms with Gasteiger partial charge in [-0.05, 0) is 31.2 Å². The van der Waals surface area contributed by atoms with Crippen molar-refractivity contribution in [2.45, 2.75) is 11.8 Å². The molecule has 15 heavy (non-hydrogen) atoms. The topological polar surface area (TPSA) is 35.2 Å². The fourth-order valence-electron chi connectivity index (χ4n) is 1.96. The van der Waals surface area contributed by atoms with Gasteiger partial charge in [-0.15, -0.1) is 0 Å². The summed E-state index contributed by atoms with van der Waals surface area (Å²) in [6, 6.07) is 3.52. The van der Waals surface area contributed by atoms with Gasteiger partial charge >= 0.3 is 0 Å². The third-order valence-electron chi connectivity index (χ3n) is 2.88. The maximum absolute atomic E-state index is 13.5. The van der Waals surface area contributed by atoms with E-state index in [0.29, 0.717) is 31.7 Å². The summed E-state index contributed by atoms with van der Waals surface area (Å²) in [6.45, 7) is 1.29. The molecule has 1 saturated heterocycles. The molecule has 0 spiro atoms. The molecule has 0 saturated carbocycles. The fourth-order valence-corrected chi connectivity index (χ4v) is 1.96. The van der Waals surface area contributed by atoms with Crippen molar-refractivity contribution in [2.75, 3.05) is 19.8 Å². The highest BCUT2D eigenvalue weighted by atomic mass is 19.1. The Morgan fingerprint density at radius 3 is 2.60 bits per heavy atom. The summed E-state index contributed by atoms with van der Waals surface area (Å²) in [5.74, 6) is -0.803. The van der Waals surface area contributed by atoms with Crippen LogP contribution in [0.4, 0.5) is 8.78 Å². The Labute approximate surface area is 87.0 Å². The van der Waals surface area contributed by atoms with E-state index in [1.54, 1.807) is 0 Å². The highest BCUT2D eigenvalue weighted by Gasteiger charge is 2.41. The van der Waals surface area contributed by atoms with Crippen molar-refractivity contribution < 1.29 is 13.5 Å². The van der Waals surface area contributed by atoms with Crippen molar-refractivity contribution in [3.63, 3.8) is 0 Å². The van der Waals surface area contributed by atoms with Crippen molar-refractivity contribution in [2.24, 2.45) is 5.73 Å². The third kappa shape index (κ3) is 1.75. The highest BCUT2D eigenvalue weighted by molar-refractivity contribution is 5.30. The van der Waals surface area contributed by atoms with Gasteiger partial charge in [0.15, 0.2) is 0 Å². The van der Waals surface area contributed by atoms with Gasteiger partial charge in [0.05, 0.1) is 13.2 Å². The molecular formula is C11H13F2NO. The molecule has 2 rings (SSSR count). The lowest BCUT2D eigenvalue weighted by Gasteiger charge is -2.42. The predicted molar refractivity (Wildman–Crippen MR) is 52.5 cm³/mol. The van der Waals surface area contributed by atoms with Gasteiger partial charge in [-0.3, -0.25) is 0 Å². The minimum atomic E-state index is -0.422. The van der Waals surface area contributed by atoms with Crippen LogP contribution in [-0.2, 0) is 10.2 Å². The third-order valence-corrected chi connectivity index (χ3v) is 2.88. The number of hydrogen-bond donors (Lipinski definition) is 1. The van der Waals surface area contributed by atoms with Gasteiger partial charge in [0.1, 0.15) is 11.6 Å². The average Bonchev–Trinajstić information content (AvgIpc) is 2.16. The predicted octanol–water partition coefficient (Wildman–Crippen LogP) is 1.58. The number of halogens is 2. The van der Waals surface area contributed by atoms with Crippen LogP contribution >= 0.6 is 0 Å². The normalized spacial score (nSPS) is 18.6. The number of nitrogens with two attached hydrogens (primary N) is 1. The summed E-state index contributed by atoms with van der Waals surface area (Å²) in [4.78, 5) is 0. The molecule has 4 heteroatoms. The second-order valence-corrected chi connectivity index (χ2v) is 3.94. The molecule has 82 valence electrons. The first-order chi connectivity index (χ1) is 7.18. The van der Waals surface area contributed by atoms with Crippen LogP contribution < -0.4 is 5.73 Å². The van der Waals surface area contributed by atoms with E-state index in [9.17, 15) is 8.78 Å². The van der Waals surface area contributed by atoms with E-state index in [1.165, 1.54) is 6.07 Å². The number of rotatable bonds is 3. The van der Waals surface area contributed by atoms with Gasteiger partial charge in [-0.2, -0.15) is 0 Å². The van der Waals surface area contributed by atoms with Crippen LogP contribution in [0, 0.1) is 11.6 Å². The molecule has 0 aliphatic carbocycles. The van der Waals surface area contributed by atoms with E-state index < -0.39 is 11.2 Å². The molecule has 0 unspecified atom stereocenters. The summed E-state index contributed by atoms with van der Waals surface area (Å²) in [7, 11) is 0. The minimum Gasteiger partial charge on any atom is -0.379 e. The summed E-state index contributed by atoms with van der Waals surface area (Å²) >= 11 is 0. The maximum Gasteiger partial charge on any atom is 0.127 e. The standard InChI is InChI=1S/C11H13F2NO/c12-8-1-2-10(13)9(5-8)11(3-4-14)6-15-7-11/h1-2,5H,3-4,6-7,14H2. The van der Waals surface area contributed by atoms with Gasteiger partial charge in [0, 0.05) is 11.0 Å². The largest absolute Gasteiger partial charge is 0.379 e. The van der Waals surface area contributed by atoms with Crippen molar-refractivity contribution in [1.82, 2.24) is 0 Å². The second kappa shape index (κ2) is 3.87. The van der Waals surface area contributed by atoms with Crippen LogP contribution in [0.25, 0.3) is 0 Å². The molecular weight excluding hydrogens is 200 g/mol. The van der Waals surface area contributed by atoms with E-state index in [-0.39, 0.29) is 5.82 Å². The van der Waals surface area contributed by atoms with Crippen LogP contribution in [0.2, 0.25) is 0 Å². The lowest BCUT2D eigenvalue weighted by Crippen LogP contribution is -2.48. The molecule has 0 aromatic heterocycles. The number of hydrogen-bond acceptors (Lipinski definition) is 2. The van der Waals surface area contributed by atoms with E-state index in [4.69, 9.17) is 10.5 Å². The molecule has 0 bridgehead atoms. The minimum absolute atomic E-state index is 0.381. The van der Waals surface area contributed by atoms with Crippen molar-refractivity contribution in [3.8, 4) is 0 Å². The zero-order valence-electron chi connectivity index (χ0n) is 8.30. The summed E-state index contributed by atoms with van der Waals surface area (Å²) in [5.41, 5.74) is 5.45. The first-order valence-corrected chi connectivity index (χ1v) is 4.91.